The Morgan fingerprint density at radius 3 is 2.39 bits per heavy atom. The highest BCUT2D eigenvalue weighted by atomic mass is 16.5. The van der Waals surface area contributed by atoms with E-state index in [1.54, 1.807) is 24.3 Å². The van der Waals surface area contributed by atoms with E-state index >= 15 is 0 Å². The van der Waals surface area contributed by atoms with Crippen molar-refractivity contribution in [3.63, 3.8) is 0 Å². The molecule has 0 aliphatic rings. The number of benzene rings is 1. The molecule has 1 unspecified atom stereocenters. The molecule has 2 N–H and O–H groups in total. The summed E-state index contributed by atoms with van der Waals surface area (Å²) in [4.78, 5) is 22.4. The van der Waals surface area contributed by atoms with Gasteiger partial charge >= 0.3 is 5.97 Å². The highest BCUT2D eigenvalue weighted by Crippen LogP contribution is 2.22. The molecule has 1 aromatic rings. The first kappa shape index (κ1) is 14.0. The second kappa shape index (κ2) is 6.64. The Balaban J connectivity index is 2.90. The van der Waals surface area contributed by atoms with Crippen LogP contribution in [0.25, 0.3) is 0 Å². The maximum absolute atomic E-state index is 11.7. The zero-order valence-corrected chi connectivity index (χ0v) is 10.5. The molecule has 0 saturated carbocycles. The Morgan fingerprint density at radius 1 is 1.33 bits per heavy atom. The van der Waals surface area contributed by atoms with E-state index in [4.69, 9.17) is 9.84 Å². The summed E-state index contributed by atoms with van der Waals surface area (Å²) in [5.74, 6) is -1.28. The van der Waals surface area contributed by atoms with Crippen LogP contribution in [0.4, 0.5) is 0 Å². The van der Waals surface area contributed by atoms with Crippen LogP contribution >= 0.6 is 0 Å². The minimum Gasteiger partial charge on any atom is -0.494 e. The van der Waals surface area contributed by atoms with E-state index in [0.29, 0.717) is 17.9 Å². The largest absolute Gasteiger partial charge is 0.494 e. The molecule has 0 fully saturated rings. The van der Waals surface area contributed by atoms with E-state index in [1.807, 2.05) is 6.92 Å². The molecule has 0 radical (unpaired) electrons. The van der Waals surface area contributed by atoms with Gasteiger partial charge in [-0.25, -0.2) is 0 Å². The molecule has 0 aromatic heterocycles. The number of carbonyl (C=O) groups is 2. The number of aliphatic carboxylic acids is 1. The average molecular weight is 251 g/mol. The van der Waals surface area contributed by atoms with E-state index in [0.717, 1.165) is 0 Å². The van der Waals surface area contributed by atoms with Crippen LogP contribution in [0.1, 0.15) is 24.8 Å². The molecule has 5 heteroatoms. The van der Waals surface area contributed by atoms with Gasteiger partial charge in [-0.15, -0.1) is 0 Å². The van der Waals surface area contributed by atoms with Crippen molar-refractivity contribution in [3.05, 3.63) is 29.8 Å². The maximum Gasteiger partial charge on any atom is 0.304 e. The van der Waals surface area contributed by atoms with Crippen LogP contribution in [0.2, 0.25) is 0 Å². The molecule has 1 aromatic carbocycles. The van der Waals surface area contributed by atoms with Gasteiger partial charge in [0.15, 0.2) is 0 Å². The van der Waals surface area contributed by atoms with Gasteiger partial charge in [-0.2, -0.15) is 0 Å². The summed E-state index contributed by atoms with van der Waals surface area (Å²) in [6.07, 6.45) is -0.229. The Kier molecular flexibility index (Phi) is 5.17. The van der Waals surface area contributed by atoms with Gasteiger partial charge < -0.3 is 15.2 Å². The van der Waals surface area contributed by atoms with E-state index in [-0.39, 0.29) is 12.3 Å². The van der Waals surface area contributed by atoms with Gasteiger partial charge in [-0.1, -0.05) is 12.1 Å². The molecule has 0 heterocycles. The molecule has 0 spiro atoms. The minimum atomic E-state index is -1.00. The second-order valence-corrected chi connectivity index (χ2v) is 3.77. The molecule has 98 valence electrons. The number of rotatable bonds is 6. The lowest BCUT2D eigenvalue weighted by atomic mass is 9.95. The first-order valence-corrected chi connectivity index (χ1v) is 5.74. The lowest BCUT2D eigenvalue weighted by Gasteiger charge is -2.14. The summed E-state index contributed by atoms with van der Waals surface area (Å²) >= 11 is 0. The second-order valence-electron chi connectivity index (χ2n) is 3.77. The van der Waals surface area contributed by atoms with Crippen molar-refractivity contribution in [2.24, 2.45) is 0 Å². The molecule has 0 saturated heterocycles. The van der Waals surface area contributed by atoms with E-state index in [9.17, 15) is 9.59 Å². The summed E-state index contributed by atoms with van der Waals surface area (Å²) in [6, 6.07) is 6.90. The summed E-state index contributed by atoms with van der Waals surface area (Å²) in [6.45, 7) is 2.44. The molecule has 0 aliphatic heterocycles. The van der Waals surface area contributed by atoms with Crippen LogP contribution in [0.15, 0.2) is 24.3 Å². The predicted molar refractivity (Wildman–Crippen MR) is 66.7 cm³/mol. The van der Waals surface area contributed by atoms with Gasteiger partial charge in [0.2, 0.25) is 5.91 Å². The number of likely N-dealkylation sites (N-methyl/N-ethyl adjacent to an activating group) is 1. The fourth-order valence-electron chi connectivity index (χ4n) is 1.67. The Hall–Kier alpha value is -2.04. The number of ether oxygens (including phenoxy) is 1. The molecular formula is C13H17NO4. The highest BCUT2D eigenvalue weighted by molar-refractivity contribution is 5.87. The van der Waals surface area contributed by atoms with Crippen molar-refractivity contribution in [1.82, 2.24) is 5.32 Å². The molecule has 1 rings (SSSR count). The average Bonchev–Trinajstić information content (AvgIpc) is 2.36. The van der Waals surface area contributed by atoms with Crippen molar-refractivity contribution < 1.29 is 19.4 Å². The topological polar surface area (TPSA) is 75.6 Å². The van der Waals surface area contributed by atoms with Gasteiger partial charge in [-0.05, 0) is 24.6 Å². The van der Waals surface area contributed by atoms with E-state index in [1.165, 1.54) is 7.05 Å². The van der Waals surface area contributed by atoms with Crippen LogP contribution in [0.5, 0.6) is 5.75 Å². The van der Waals surface area contributed by atoms with Crippen molar-refractivity contribution in [3.8, 4) is 5.75 Å². The highest BCUT2D eigenvalue weighted by Gasteiger charge is 2.22. The van der Waals surface area contributed by atoms with Gasteiger partial charge in [0.25, 0.3) is 0 Å². The van der Waals surface area contributed by atoms with Gasteiger partial charge in [0.05, 0.1) is 18.9 Å². The van der Waals surface area contributed by atoms with Crippen LogP contribution < -0.4 is 10.1 Å². The lowest BCUT2D eigenvalue weighted by Crippen LogP contribution is -2.27. The molecule has 1 atom stereocenters. The summed E-state index contributed by atoms with van der Waals surface area (Å²) in [5.41, 5.74) is 0.667. The number of carboxylic acid groups (broad SMARTS) is 1. The quantitative estimate of drug-likeness (QED) is 0.801. The molecule has 0 aliphatic carbocycles. The smallest absolute Gasteiger partial charge is 0.304 e. The Morgan fingerprint density at radius 2 is 1.94 bits per heavy atom. The number of nitrogens with one attached hydrogen (secondary N) is 1. The third-order valence-corrected chi connectivity index (χ3v) is 2.54. The lowest BCUT2D eigenvalue weighted by molar-refractivity contribution is -0.139. The first-order valence-electron chi connectivity index (χ1n) is 5.74. The minimum absolute atomic E-state index is 0.229. The standard InChI is InChI=1S/C13H17NO4/c1-3-18-10-6-4-9(5-7-10)11(8-12(15)16)13(17)14-2/h4-7,11H,3,8H2,1-2H3,(H,14,17)(H,15,16). The normalized spacial score (nSPS) is 11.7. The number of amides is 1. The number of hydrogen-bond donors (Lipinski definition) is 2. The number of hydrogen-bond acceptors (Lipinski definition) is 3. The molecule has 0 bridgehead atoms. The SMILES string of the molecule is CCOc1ccc(C(CC(=O)O)C(=O)NC)cc1. The summed E-state index contributed by atoms with van der Waals surface area (Å²) < 4.78 is 5.29. The van der Waals surface area contributed by atoms with Crippen LogP contribution in [0, 0.1) is 0 Å². The zero-order valence-electron chi connectivity index (χ0n) is 10.5. The molecule has 5 nitrogen and oxygen atoms in total. The molecule has 1 amide bonds. The van der Waals surface area contributed by atoms with Gasteiger partial charge in [-0.3, -0.25) is 9.59 Å². The summed E-state index contributed by atoms with van der Waals surface area (Å²) in [7, 11) is 1.49. The van der Waals surface area contributed by atoms with Crippen molar-refractivity contribution in [2.45, 2.75) is 19.3 Å². The van der Waals surface area contributed by atoms with Gasteiger partial charge in [0, 0.05) is 7.05 Å². The van der Waals surface area contributed by atoms with Crippen LogP contribution in [0.3, 0.4) is 0 Å². The number of carbonyl (C=O) groups excluding carboxylic acids is 1. The number of carboxylic acids is 1. The fraction of sp³-hybridized carbons (Fsp3) is 0.385. The first-order chi connectivity index (χ1) is 8.58. The third-order valence-electron chi connectivity index (χ3n) is 2.54. The van der Waals surface area contributed by atoms with Gasteiger partial charge in [0.1, 0.15) is 5.75 Å². The maximum atomic E-state index is 11.7. The van der Waals surface area contributed by atoms with E-state index < -0.39 is 11.9 Å². The fourth-order valence-corrected chi connectivity index (χ4v) is 1.67. The summed E-state index contributed by atoms with van der Waals surface area (Å²) in [5, 5.41) is 11.3. The monoisotopic (exact) mass is 251 g/mol. The van der Waals surface area contributed by atoms with E-state index in [2.05, 4.69) is 5.32 Å². The van der Waals surface area contributed by atoms with Crippen molar-refractivity contribution >= 4 is 11.9 Å². The Bertz CT molecular complexity index is 414. The third kappa shape index (κ3) is 3.76. The molecular weight excluding hydrogens is 234 g/mol. The van der Waals surface area contributed by atoms with Crippen LogP contribution in [-0.4, -0.2) is 30.6 Å². The zero-order chi connectivity index (χ0) is 13.5. The Labute approximate surface area is 106 Å². The molecule has 18 heavy (non-hydrogen) atoms. The van der Waals surface area contributed by atoms with Crippen LogP contribution in [-0.2, 0) is 9.59 Å². The van der Waals surface area contributed by atoms with Crippen molar-refractivity contribution in [1.29, 1.82) is 0 Å². The predicted octanol–water partition coefficient (Wildman–Crippen LogP) is 1.39. The van der Waals surface area contributed by atoms with Crippen molar-refractivity contribution in [2.75, 3.05) is 13.7 Å².